The van der Waals surface area contributed by atoms with Gasteiger partial charge in [0.05, 0.1) is 46.5 Å². The van der Waals surface area contributed by atoms with Crippen LogP contribution in [0.3, 0.4) is 0 Å². The van der Waals surface area contributed by atoms with Crippen LogP contribution in [0.2, 0.25) is 0 Å². The first-order valence-corrected chi connectivity index (χ1v) is 9.79. The van der Waals surface area contributed by atoms with E-state index < -0.39 is 0 Å². The van der Waals surface area contributed by atoms with E-state index in [1.807, 2.05) is 36.4 Å². The van der Waals surface area contributed by atoms with Crippen LogP contribution in [-0.2, 0) is 9.47 Å². The first-order valence-electron chi connectivity index (χ1n) is 9.79. The predicted octanol–water partition coefficient (Wildman–Crippen LogP) is 4.07. The Balaban J connectivity index is 1.80. The van der Waals surface area contributed by atoms with Crippen LogP contribution in [0.1, 0.15) is 6.42 Å². The van der Waals surface area contributed by atoms with Crippen molar-refractivity contribution in [2.24, 2.45) is 0 Å². The highest BCUT2D eigenvalue weighted by Crippen LogP contribution is 2.43. The molecule has 1 saturated heterocycles. The highest BCUT2D eigenvalue weighted by molar-refractivity contribution is 5.99. The number of hydrogen-bond acceptors (Lipinski definition) is 7. The van der Waals surface area contributed by atoms with Gasteiger partial charge in [-0.15, -0.1) is 0 Å². The summed E-state index contributed by atoms with van der Waals surface area (Å²) < 4.78 is 33.8. The van der Waals surface area contributed by atoms with Crippen LogP contribution in [0, 0.1) is 0 Å². The van der Waals surface area contributed by atoms with Crippen LogP contribution >= 0.6 is 0 Å². The van der Waals surface area contributed by atoms with Gasteiger partial charge in [-0.05, 0) is 29.8 Å². The maximum atomic E-state index is 6.30. The Hall–Kier alpha value is -3.03. The molecule has 0 saturated carbocycles. The molecule has 0 unspecified atom stereocenters. The zero-order chi connectivity index (χ0) is 20.9. The van der Waals surface area contributed by atoms with Crippen molar-refractivity contribution in [2.45, 2.75) is 12.7 Å². The quantitative estimate of drug-likeness (QED) is 0.553. The van der Waals surface area contributed by atoms with Gasteiger partial charge in [0.2, 0.25) is 0 Å². The molecular formula is C23H25NO6. The summed E-state index contributed by atoms with van der Waals surface area (Å²) in [6.07, 6.45) is 2.18. The topological polar surface area (TPSA) is 68.3 Å². The van der Waals surface area contributed by atoms with E-state index in [-0.39, 0.29) is 6.29 Å². The fraction of sp³-hybridized carbons (Fsp3) is 0.348. The zero-order valence-electron chi connectivity index (χ0n) is 17.3. The van der Waals surface area contributed by atoms with Gasteiger partial charge in [-0.2, -0.15) is 0 Å². The van der Waals surface area contributed by atoms with Gasteiger partial charge in [-0.25, -0.2) is 0 Å². The van der Waals surface area contributed by atoms with Gasteiger partial charge in [0, 0.05) is 18.2 Å². The van der Waals surface area contributed by atoms with E-state index in [0.717, 1.165) is 22.3 Å². The summed E-state index contributed by atoms with van der Waals surface area (Å²) in [7, 11) is 4.90. The molecule has 7 nitrogen and oxygen atoms in total. The first kappa shape index (κ1) is 20.3. The third-order valence-corrected chi connectivity index (χ3v) is 5.03. The minimum atomic E-state index is -0.237. The summed E-state index contributed by atoms with van der Waals surface area (Å²) in [4.78, 5) is 4.66. The number of ether oxygens (including phenoxy) is 6. The van der Waals surface area contributed by atoms with E-state index in [9.17, 15) is 0 Å². The second-order valence-electron chi connectivity index (χ2n) is 6.73. The largest absolute Gasteiger partial charge is 0.497 e. The average molecular weight is 411 g/mol. The number of pyridine rings is 1. The molecule has 1 aliphatic heterocycles. The molecule has 0 amide bonds. The summed E-state index contributed by atoms with van der Waals surface area (Å²) in [5.74, 6) is 2.78. The normalized spacial score (nSPS) is 14.1. The molecule has 2 heterocycles. The summed E-state index contributed by atoms with van der Waals surface area (Å²) in [6, 6.07) is 11.5. The number of hydrogen-bond donors (Lipinski definition) is 0. The minimum Gasteiger partial charge on any atom is -0.497 e. The lowest BCUT2D eigenvalue weighted by Crippen LogP contribution is -2.13. The number of nitrogens with zero attached hydrogens (tertiary/aromatic N) is 1. The molecule has 0 N–H and O–H groups in total. The summed E-state index contributed by atoms with van der Waals surface area (Å²) >= 11 is 0. The maximum absolute atomic E-state index is 6.30. The third-order valence-electron chi connectivity index (χ3n) is 5.03. The molecular weight excluding hydrogens is 386 g/mol. The Morgan fingerprint density at radius 2 is 1.60 bits per heavy atom. The lowest BCUT2D eigenvalue weighted by molar-refractivity contribution is -0.0530. The van der Waals surface area contributed by atoms with Gasteiger partial charge in [0.1, 0.15) is 28.5 Å². The second-order valence-corrected chi connectivity index (χ2v) is 6.73. The van der Waals surface area contributed by atoms with E-state index >= 15 is 0 Å². The van der Waals surface area contributed by atoms with E-state index in [1.54, 1.807) is 27.5 Å². The van der Waals surface area contributed by atoms with Crippen LogP contribution in [0.25, 0.3) is 22.0 Å². The van der Waals surface area contributed by atoms with Gasteiger partial charge in [-0.1, -0.05) is 12.1 Å². The molecule has 0 spiro atoms. The summed E-state index contributed by atoms with van der Waals surface area (Å²) in [5.41, 5.74) is 2.49. The Morgan fingerprint density at radius 3 is 2.27 bits per heavy atom. The molecule has 1 aromatic heterocycles. The molecule has 1 aliphatic rings. The van der Waals surface area contributed by atoms with Crippen molar-refractivity contribution in [1.82, 2.24) is 4.98 Å². The predicted molar refractivity (Wildman–Crippen MR) is 113 cm³/mol. The molecule has 0 radical (unpaired) electrons. The molecule has 158 valence electrons. The van der Waals surface area contributed by atoms with Gasteiger partial charge in [0.15, 0.2) is 6.29 Å². The van der Waals surface area contributed by atoms with E-state index in [4.69, 9.17) is 28.4 Å². The number of rotatable bonds is 8. The lowest BCUT2D eigenvalue weighted by atomic mass is 10.0. The Morgan fingerprint density at radius 1 is 0.900 bits per heavy atom. The van der Waals surface area contributed by atoms with Crippen molar-refractivity contribution in [1.29, 1.82) is 0 Å². The van der Waals surface area contributed by atoms with Crippen LogP contribution in [0.5, 0.6) is 23.0 Å². The van der Waals surface area contributed by atoms with Crippen molar-refractivity contribution < 1.29 is 28.4 Å². The van der Waals surface area contributed by atoms with Crippen LogP contribution in [-0.4, -0.2) is 52.4 Å². The molecule has 1 fully saturated rings. The molecule has 0 bridgehead atoms. The van der Waals surface area contributed by atoms with Crippen molar-refractivity contribution in [3.8, 4) is 34.1 Å². The van der Waals surface area contributed by atoms with Gasteiger partial charge in [0.25, 0.3) is 0 Å². The zero-order valence-corrected chi connectivity index (χ0v) is 17.3. The van der Waals surface area contributed by atoms with Crippen LogP contribution in [0.15, 0.2) is 42.6 Å². The van der Waals surface area contributed by atoms with Gasteiger partial charge >= 0.3 is 0 Å². The number of fused-ring (bicyclic) bond motifs is 1. The lowest BCUT2D eigenvalue weighted by Gasteiger charge is -2.18. The molecule has 2 aromatic carbocycles. The Kier molecular flexibility index (Phi) is 6.21. The molecule has 30 heavy (non-hydrogen) atoms. The smallest absolute Gasteiger partial charge is 0.161 e. The van der Waals surface area contributed by atoms with Gasteiger partial charge in [-0.3, -0.25) is 4.98 Å². The first-order chi connectivity index (χ1) is 14.7. The Labute approximate surface area is 175 Å². The molecule has 4 rings (SSSR count). The van der Waals surface area contributed by atoms with Crippen molar-refractivity contribution in [3.63, 3.8) is 0 Å². The fourth-order valence-electron chi connectivity index (χ4n) is 3.52. The average Bonchev–Trinajstić information content (AvgIpc) is 3.32. The molecule has 0 atom stereocenters. The monoisotopic (exact) mass is 411 g/mol. The number of methoxy groups -OCH3 is 3. The standard InChI is InChI=1S/C23H25NO6/c1-25-16-6-4-15(5-7-16)17-14-24-22-19(27-3)9-8-18(26-2)21(22)23(17)30-11-10-20-28-12-13-29-20/h4-9,14,20H,10-13H2,1-3H3. The molecule has 0 aliphatic carbocycles. The maximum Gasteiger partial charge on any atom is 0.161 e. The van der Waals surface area contributed by atoms with Crippen molar-refractivity contribution in [2.75, 3.05) is 41.2 Å². The molecule has 7 heteroatoms. The van der Waals surface area contributed by atoms with Gasteiger partial charge < -0.3 is 28.4 Å². The van der Waals surface area contributed by atoms with Crippen LogP contribution < -0.4 is 18.9 Å². The number of benzene rings is 2. The van der Waals surface area contributed by atoms with Crippen molar-refractivity contribution in [3.05, 3.63) is 42.6 Å². The molecule has 3 aromatic rings. The van der Waals surface area contributed by atoms with E-state index in [0.29, 0.717) is 49.0 Å². The Bertz CT molecular complexity index is 999. The highest BCUT2D eigenvalue weighted by Gasteiger charge is 2.21. The minimum absolute atomic E-state index is 0.237. The SMILES string of the molecule is COc1ccc(-c2cnc3c(OC)ccc(OC)c3c2OCCC2OCCO2)cc1. The van der Waals surface area contributed by atoms with Crippen molar-refractivity contribution >= 4 is 10.9 Å². The third kappa shape index (κ3) is 3.99. The summed E-state index contributed by atoms with van der Waals surface area (Å²) in [5, 5.41) is 0.762. The summed E-state index contributed by atoms with van der Waals surface area (Å²) in [6.45, 7) is 1.66. The number of aromatic nitrogens is 1. The van der Waals surface area contributed by atoms with E-state index in [1.165, 1.54) is 0 Å². The second kappa shape index (κ2) is 9.19. The fourth-order valence-corrected chi connectivity index (χ4v) is 3.52. The van der Waals surface area contributed by atoms with Crippen LogP contribution in [0.4, 0.5) is 0 Å². The highest BCUT2D eigenvalue weighted by atomic mass is 16.7. The van der Waals surface area contributed by atoms with E-state index in [2.05, 4.69) is 4.98 Å².